The second-order valence-corrected chi connectivity index (χ2v) is 6.85. The smallest absolute Gasteiger partial charge is 0.195 e. The summed E-state index contributed by atoms with van der Waals surface area (Å²) < 4.78 is 28.1. The van der Waals surface area contributed by atoms with Crippen molar-refractivity contribution in [1.29, 1.82) is 0 Å². The van der Waals surface area contributed by atoms with Gasteiger partial charge in [0, 0.05) is 25.3 Å². The van der Waals surface area contributed by atoms with Gasteiger partial charge in [0.1, 0.15) is 11.0 Å². The summed E-state index contributed by atoms with van der Waals surface area (Å²) in [6.07, 6.45) is 3.35. The van der Waals surface area contributed by atoms with E-state index in [9.17, 15) is 8.42 Å². The lowest BCUT2D eigenvalue weighted by Gasteiger charge is -2.06. The third kappa shape index (κ3) is 4.47. The summed E-state index contributed by atoms with van der Waals surface area (Å²) in [5, 5.41) is 2.61. The van der Waals surface area contributed by atoms with Crippen LogP contribution in [0.1, 0.15) is 37.7 Å². The molecule has 0 aromatic carbocycles. The zero-order valence-corrected chi connectivity index (χ0v) is 11.5. The summed E-state index contributed by atoms with van der Waals surface area (Å²) in [6.45, 7) is 6.50. The number of aromatic nitrogens is 1. The standard InChI is InChI=1S/C11H20N2O3S/c1-8(2)12-6-5-11-13-7-10(16-11)9(3)17(4,14)15/h7-9,12H,5-6H2,1-4H3. The Bertz CT molecular complexity index is 451. The summed E-state index contributed by atoms with van der Waals surface area (Å²) in [5.41, 5.74) is 0. The Hall–Kier alpha value is -0.880. The maximum atomic E-state index is 11.3. The van der Waals surface area contributed by atoms with E-state index in [1.807, 2.05) is 0 Å². The lowest BCUT2D eigenvalue weighted by atomic mass is 10.3. The summed E-state index contributed by atoms with van der Waals surface area (Å²) in [5.74, 6) is 0.982. The Morgan fingerprint density at radius 2 is 2.06 bits per heavy atom. The molecule has 0 fully saturated rings. The fourth-order valence-corrected chi connectivity index (χ4v) is 1.84. The van der Waals surface area contributed by atoms with Crippen LogP contribution in [0.25, 0.3) is 0 Å². The second-order valence-electron chi connectivity index (χ2n) is 4.49. The van der Waals surface area contributed by atoms with Gasteiger partial charge in [0.25, 0.3) is 0 Å². The maximum Gasteiger partial charge on any atom is 0.195 e. The van der Waals surface area contributed by atoms with Gasteiger partial charge in [0.2, 0.25) is 0 Å². The van der Waals surface area contributed by atoms with E-state index in [-0.39, 0.29) is 0 Å². The molecule has 0 radical (unpaired) electrons. The van der Waals surface area contributed by atoms with E-state index in [2.05, 4.69) is 24.1 Å². The molecule has 6 heteroatoms. The molecule has 0 saturated heterocycles. The van der Waals surface area contributed by atoms with Crippen LogP contribution in [0, 0.1) is 0 Å². The molecule has 0 aliphatic carbocycles. The quantitative estimate of drug-likeness (QED) is 0.835. The molecule has 1 rings (SSSR count). The summed E-state index contributed by atoms with van der Waals surface area (Å²) in [6, 6.07) is 0.416. The molecule has 0 aliphatic rings. The van der Waals surface area contributed by atoms with Gasteiger partial charge in [-0.25, -0.2) is 13.4 Å². The number of hydrogen-bond acceptors (Lipinski definition) is 5. The number of rotatable bonds is 6. The SMILES string of the molecule is CC(C)NCCc1ncc(C(C)S(C)(=O)=O)o1. The monoisotopic (exact) mass is 260 g/mol. The number of sulfone groups is 1. The summed E-state index contributed by atoms with van der Waals surface area (Å²) in [7, 11) is -3.13. The van der Waals surface area contributed by atoms with Crippen LogP contribution >= 0.6 is 0 Å². The van der Waals surface area contributed by atoms with E-state index in [1.54, 1.807) is 6.92 Å². The van der Waals surface area contributed by atoms with E-state index < -0.39 is 15.1 Å². The first-order valence-electron chi connectivity index (χ1n) is 5.67. The number of nitrogens with zero attached hydrogens (tertiary/aromatic N) is 1. The van der Waals surface area contributed by atoms with Crippen molar-refractivity contribution >= 4 is 9.84 Å². The van der Waals surface area contributed by atoms with Crippen LogP contribution in [0.2, 0.25) is 0 Å². The highest BCUT2D eigenvalue weighted by Crippen LogP contribution is 2.21. The van der Waals surface area contributed by atoms with Crippen molar-refractivity contribution in [3.63, 3.8) is 0 Å². The first-order valence-corrected chi connectivity index (χ1v) is 7.63. The molecular weight excluding hydrogens is 240 g/mol. The molecule has 1 aromatic heterocycles. The lowest BCUT2D eigenvalue weighted by molar-refractivity contribution is 0.440. The first kappa shape index (κ1) is 14.2. The van der Waals surface area contributed by atoms with Crippen LogP contribution in [0.15, 0.2) is 10.6 Å². The van der Waals surface area contributed by atoms with E-state index >= 15 is 0 Å². The average Bonchev–Trinajstić information content (AvgIpc) is 2.63. The Morgan fingerprint density at radius 3 is 2.59 bits per heavy atom. The van der Waals surface area contributed by atoms with Gasteiger partial charge in [0.05, 0.1) is 6.20 Å². The molecule has 0 bridgehead atoms. The van der Waals surface area contributed by atoms with Gasteiger partial charge in [-0.05, 0) is 6.92 Å². The molecule has 1 heterocycles. The molecule has 1 aromatic rings. The third-order valence-corrected chi connectivity index (χ3v) is 4.02. The topological polar surface area (TPSA) is 72.2 Å². The van der Waals surface area contributed by atoms with Crippen molar-refractivity contribution in [2.24, 2.45) is 0 Å². The molecule has 0 amide bonds. The van der Waals surface area contributed by atoms with E-state index in [1.165, 1.54) is 12.5 Å². The fourth-order valence-electron chi connectivity index (χ4n) is 1.31. The lowest BCUT2D eigenvalue weighted by Crippen LogP contribution is -2.24. The zero-order chi connectivity index (χ0) is 13.1. The van der Waals surface area contributed by atoms with E-state index in [0.717, 1.165) is 6.54 Å². The molecule has 17 heavy (non-hydrogen) atoms. The van der Waals surface area contributed by atoms with Crippen molar-refractivity contribution in [2.75, 3.05) is 12.8 Å². The van der Waals surface area contributed by atoms with Gasteiger partial charge in [-0.2, -0.15) is 0 Å². The minimum atomic E-state index is -3.13. The number of hydrogen-bond donors (Lipinski definition) is 1. The highest BCUT2D eigenvalue weighted by atomic mass is 32.2. The van der Waals surface area contributed by atoms with Crippen molar-refractivity contribution in [3.8, 4) is 0 Å². The second kappa shape index (κ2) is 5.64. The van der Waals surface area contributed by atoms with Crippen LogP contribution in [0.4, 0.5) is 0 Å². The Balaban J connectivity index is 2.60. The highest BCUT2D eigenvalue weighted by Gasteiger charge is 2.21. The fraction of sp³-hybridized carbons (Fsp3) is 0.727. The van der Waals surface area contributed by atoms with Gasteiger partial charge in [0.15, 0.2) is 15.7 Å². The molecular formula is C11H20N2O3S. The number of oxazole rings is 1. The Labute approximate surface area is 103 Å². The Kier molecular flexibility index (Phi) is 4.70. The third-order valence-electron chi connectivity index (χ3n) is 2.51. The van der Waals surface area contributed by atoms with Crippen molar-refractivity contribution in [2.45, 2.75) is 38.5 Å². The van der Waals surface area contributed by atoms with Gasteiger partial charge in [-0.1, -0.05) is 13.8 Å². The molecule has 0 aliphatic heterocycles. The zero-order valence-electron chi connectivity index (χ0n) is 10.7. The van der Waals surface area contributed by atoms with E-state index in [4.69, 9.17) is 4.42 Å². The molecule has 1 N–H and O–H groups in total. The predicted molar refractivity (Wildman–Crippen MR) is 66.6 cm³/mol. The van der Waals surface area contributed by atoms with Gasteiger partial charge in [-0.3, -0.25) is 0 Å². The van der Waals surface area contributed by atoms with Crippen LogP contribution in [-0.4, -0.2) is 32.2 Å². The summed E-state index contributed by atoms with van der Waals surface area (Å²) in [4.78, 5) is 4.08. The first-order chi connectivity index (χ1) is 7.80. The van der Waals surface area contributed by atoms with Crippen LogP contribution in [0.5, 0.6) is 0 Å². The highest BCUT2D eigenvalue weighted by molar-refractivity contribution is 7.90. The van der Waals surface area contributed by atoms with Crippen molar-refractivity contribution in [3.05, 3.63) is 17.8 Å². The molecule has 5 nitrogen and oxygen atoms in total. The minimum Gasteiger partial charge on any atom is -0.444 e. The van der Waals surface area contributed by atoms with Crippen LogP contribution in [-0.2, 0) is 16.3 Å². The molecule has 98 valence electrons. The van der Waals surface area contributed by atoms with Gasteiger partial charge in [-0.15, -0.1) is 0 Å². The van der Waals surface area contributed by atoms with Gasteiger partial charge < -0.3 is 9.73 Å². The van der Waals surface area contributed by atoms with E-state index in [0.29, 0.717) is 24.1 Å². The van der Waals surface area contributed by atoms with Gasteiger partial charge >= 0.3 is 0 Å². The normalized spacial score (nSPS) is 14.2. The maximum absolute atomic E-state index is 11.3. The Morgan fingerprint density at radius 1 is 1.41 bits per heavy atom. The molecule has 0 saturated carbocycles. The predicted octanol–water partition coefficient (Wildman–Crippen LogP) is 1.32. The molecule has 0 spiro atoms. The minimum absolute atomic E-state index is 0.409. The van der Waals surface area contributed by atoms with Crippen LogP contribution in [0.3, 0.4) is 0 Å². The van der Waals surface area contributed by atoms with Crippen molar-refractivity contribution < 1.29 is 12.8 Å². The van der Waals surface area contributed by atoms with Crippen LogP contribution < -0.4 is 5.32 Å². The average molecular weight is 260 g/mol. The summed E-state index contributed by atoms with van der Waals surface area (Å²) >= 11 is 0. The number of nitrogens with one attached hydrogen (secondary N) is 1. The molecule has 1 unspecified atom stereocenters. The largest absolute Gasteiger partial charge is 0.444 e. The van der Waals surface area contributed by atoms with Crippen molar-refractivity contribution in [1.82, 2.24) is 10.3 Å². The molecule has 1 atom stereocenters.